The summed E-state index contributed by atoms with van der Waals surface area (Å²) in [6.07, 6.45) is 6.90. The zero-order chi connectivity index (χ0) is 14.6. The Morgan fingerprint density at radius 2 is 1.90 bits per heavy atom. The van der Waals surface area contributed by atoms with E-state index >= 15 is 0 Å². The molecule has 1 saturated carbocycles. The Hall–Kier alpha value is -0.940. The molecule has 1 unspecified atom stereocenters. The van der Waals surface area contributed by atoms with E-state index in [2.05, 4.69) is 24.0 Å². The van der Waals surface area contributed by atoms with Gasteiger partial charge in [-0.1, -0.05) is 44.7 Å². The number of hydrogen-bond acceptors (Lipinski definition) is 5. The zero-order valence-corrected chi connectivity index (χ0v) is 12.9. The number of methoxy groups -OCH3 is 1. The van der Waals surface area contributed by atoms with Gasteiger partial charge in [-0.15, -0.1) is 0 Å². The van der Waals surface area contributed by atoms with Crippen LogP contribution in [0.15, 0.2) is 4.52 Å². The third-order valence-electron chi connectivity index (χ3n) is 4.46. The number of nitrogens with two attached hydrogens (primary N) is 1. The van der Waals surface area contributed by atoms with Crippen molar-refractivity contribution in [2.45, 2.75) is 63.9 Å². The molecule has 1 aromatic heterocycles. The first-order valence-corrected chi connectivity index (χ1v) is 7.70. The minimum Gasteiger partial charge on any atom is -0.373 e. The van der Waals surface area contributed by atoms with Crippen molar-refractivity contribution in [1.82, 2.24) is 10.1 Å². The molecular formula is C15H27N3O2. The fraction of sp³-hybridized carbons (Fsp3) is 0.867. The highest BCUT2D eigenvalue weighted by molar-refractivity contribution is 5.08. The third kappa shape index (κ3) is 3.04. The zero-order valence-electron chi connectivity index (χ0n) is 12.9. The monoisotopic (exact) mass is 281 g/mol. The number of rotatable bonds is 5. The summed E-state index contributed by atoms with van der Waals surface area (Å²) < 4.78 is 11.0. The van der Waals surface area contributed by atoms with Gasteiger partial charge in [-0.05, 0) is 18.8 Å². The van der Waals surface area contributed by atoms with Crippen LogP contribution in [0, 0.1) is 5.92 Å². The Bertz CT molecular complexity index is 409. The van der Waals surface area contributed by atoms with Crippen molar-refractivity contribution >= 4 is 0 Å². The van der Waals surface area contributed by atoms with Crippen LogP contribution < -0.4 is 5.73 Å². The van der Waals surface area contributed by atoms with Gasteiger partial charge in [0, 0.05) is 13.7 Å². The van der Waals surface area contributed by atoms with E-state index in [1.54, 1.807) is 7.11 Å². The molecule has 1 fully saturated rings. The van der Waals surface area contributed by atoms with Crippen LogP contribution in [0.2, 0.25) is 0 Å². The molecule has 1 aliphatic rings. The summed E-state index contributed by atoms with van der Waals surface area (Å²) in [6.45, 7) is 4.76. The summed E-state index contributed by atoms with van der Waals surface area (Å²) in [4.78, 5) is 4.63. The van der Waals surface area contributed by atoms with Gasteiger partial charge in [-0.3, -0.25) is 0 Å². The minimum atomic E-state index is -0.128. The molecule has 114 valence electrons. The smallest absolute Gasteiger partial charge is 0.234 e. The van der Waals surface area contributed by atoms with E-state index in [-0.39, 0.29) is 11.5 Å². The molecule has 5 heteroatoms. The lowest BCUT2D eigenvalue weighted by atomic mass is 9.80. The van der Waals surface area contributed by atoms with E-state index in [0.29, 0.717) is 24.2 Å². The van der Waals surface area contributed by atoms with Gasteiger partial charge in [0.1, 0.15) is 6.10 Å². The van der Waals surface area contributed by atoms with Crippen molar-refractivity contribution in [3.05, 3.63) is 11.7 Å². The summed E-state index contributed by atoms with van der Waals surface area (Å²) in [6, 6.07) is 0. The summed E-state index contributed by atoms with van der Waals surface area (Å²) >= 11 is 0. The number of hydrogen-bond donors (Lipinski definition) is 1. The summed E-state index contributed by atoms with van der Waals surface area (Å²) in [5, 5.41) is 4.14. The first-order chi connectivity index (χ1) is 9.63. The van der Waals surface area contributed by atoms with Gasteiger partial charge in [-0.25, -0.2) is 0 Å². The highest BCUT2D eigenvalue weighted by Gasteiger charge is 2.38. The van der Waals surface area contributed by atoms with Crippen molar-refractivity contribution in [1.29, 1.82) is 0 Å². The van der Waals surface area contributed by atoms with Crippen molar-refractivity contribution in [2.24, 2.45) is 11.7 Å². The van der Waals surface area contributed by atoms with Crippen LogP contribution in [0.3, 0.4) is 0 Å². The lowest BCUT2D eigenvalue weighted by Crippen LogP contribution is -2.35. The average Bonchev–Trinajstić information content (AvgIpc) is 2.78. The van der Waals surface area contributed by atoms with Crippen LogP contribution in [0.4, 0.5) is 0 Å². The maximum atomic E-state index is 6.06. The molecule has 1 aromatic rings. The quantitative estimate of drug-likeness (QED) is 0.840. The first kappa shape index (κ1) is 15.4. The SMILES string of the molecule is COC(c1noc(C2(CN)CCCCCC2)n1)C(C)C. The summed E-state index contributed by atoms with van der Waals surface area (Å²) in [5.41, 5.74) is 5.93. The first-order valence-electron chi connectivity index (χ1n) is 7.70. The van der Waals surface area contributed by atoms with Crippen molar-refractivity contribution in [3.63, 3.8) is 0 Å². The van der Waals surface area contributed by atoms with Gasteiger partial charge >= 0.3 is 0 Å². The molecule has 1 aliphatic carbocycles. The minimum absolute atomic E-state index is 0.117. The molecule has 0 amide bonds. The molecule has 2 rings (SSSR count). The lowest BCUT2D eigenvalue weighted by molar-refractivity contribution is 0.0555. The van der Waals surface area contributed by atoms with E-state index < -0.39 is 0 Å². The maximum absolute atomic E-state index is 6.06. The fourth-order valence-electron chi connectivity index (χ4n) is 3.15. The van der Waals surface area contributed by atoms with Crippen molar-refractivity contribution in [3.8, 4) is 0 Å². The average molecular weight is 281 g/mol. The molecule has 0 radical (unpaired) electrons. The summed E-state index contributed by atoms with van der Waals surface area (Å²) in [5.74, 6) is 1.67. The predicted molar refractivity (Wildman–Crippen MR) is 77.3 cm³/mol. The fourth-order valence-corrected chi connectivity index (χ4v) is 3.15. The molecule has 1 atom stereocenters. The Morgan fingerprint density at radius 3 is 2.40 bits per heavy atom. The lowest BCUT2D eigenvalue weighted by Gasteiger charge is -2.26. The van der Waals surface area contributed by atoms with Crippen molar-refractivity contribution in [2.75, 3.05) is 13.7 Å². The van der Waals surface area contributed by atoms with Crippen LogP contribution in [0.5, 0.6) is 0 Å². The molecule has 0 aliphatic heterocycles. The van der Waals surface area contributed by atoms with Gasteiger partial charge < -0.3 is 15.0 Å². The molecular weight excluding hydrogens is 254 g/mol. The van der Waals surface area contributed by atoms with Gasteiger partial charge in [0.05, 0.1) is 5.41 Å². The molecule has 0 bridgehead atoms. The number of ether oxygens (including phenoxy) is 1. The largest absolute Gasteiger partial charge is 0.373 e. The predicted octanol–water partition coefficient (Wildman–Crippen LogP) is 2.96. The second-order valence-electron chi connectivity index (χ2n) is 6.26. The van der Waals surface area contributed by atoms with Crippen molar-refractivity contribution < 1.29 is 9.26 Å². The molecule has 2 N–H and O–H groups in total. The summed E-state index contributed by atoms with van der Waals surface area (Å²) in [7, 11) is 1.69. The highest BCUT2D eigenvalue weighted by Crippen LogP contribution is 2.37. The van der Waals surface area contributed by atoms with Crippen LogP contribution in [0.25, 0.3) is 0 Å². The topological polar surface area (TPSA) is 74.2 Å². The Morgan fingerprint density at radius 1 is 1.25 bits per heavy atom. The Balaban J connectivity index is 2.25. The van der Waals surface area contributed by atoms with Gasteiger partial charge in [0.2, 0.25) is 11.7 Å². The normalized spacial score (nSPS) is 20.9. The molecule has 0 spiro atoms. The molecule has 20 heavy (non-hydrogen) atoms. The van der Waals surface area contributed by atoms with E-state index in [1.165, 1.54) is 25.7 Å². The molecule has 0 aromatic carbocycles. The van der Waals surface area contributed by atoms with Gasteiger partial charge in [0.15, 0.2) is 0 Å². The molecule has 0 saturated heterocycles. The van der Waals surface area contributed by atoms with E-state index in [4.69, 9.17) is 15.0 Å². The molecule has 5 nitrogen and oxygen atoms in total. The Kier molecular flexibility index (Phi) is 5.16. The van der Waals surface area contributed by atoms with Crippen LogP contribution in [-0.2, 0) is 10.2 Å². The van der Waals surface area contributed by atoms with E-state index in [9.17, 15) is 0 Å². The van der Waals surface area contributed by atoms with Crippen LogP contribution in [0.1, 0.15) is 70.2 Å². The molecule has 1 heterocycles. The van der Waals surface area contributed by atoms with E-state index in [0.717, 1.165) is 12.8 Å². The van der Waals surface area contributed by atoms with Crippen LogP contribution >= 0.6 is 0 Å². The number of nitrogens with zero attached hydrogens (tertiary/aromatic N) is 2. The number of aromatic nitrogens is 2. The third-order valence-corrected chi connectivity index (χ3v) is 4.46. The van der Waals surface area contributed by atoms with Gasteiger partial charge in [0.25, 0.3) is 0 Å². The second-order valence-corrected chi connectivity index (χ2v) is 6.26. The Labute approximate surface area is 121 Å². The maximum Gasteiger partial charge on any atom is 0.234 e. The standard InChI is InChI=1S/C15H27N3O2/c1-11(2)12(19-3)13-17-14(20-18-13)15(10-16)8-6-4-5-7-9-15/h11-12H,4-10,16H2,1-3H3. The van der Waals surface area contributed by atoms with Gasteiger partial charge in [-0.2, -0.15) is 4.98 Å². The second kappa shape index (κ2) is 6.68. The van der Waals surface area contributed by atoms with E-state index in [1.807, 2.05) is 0 Å². The highest BCUT2D eigenvalue weighted by atomic mass is 16.5. The van der Waals surface area contributed by atoms with Crippen LogP contribution in [-0.4, -0.2) is 23.8 Å².